The van der Waals surface area contributed by atoms with Crippen molar-refractivity contribution < 1.29 is 14.0 Å². The van der Waals surface area contributed by atoms with Gasteiger partial charge in [0.2, 0.25) is 5.91 Å². The first-order chi connectivity index (χ1) is 14.5. The summed E-state index contributed by atoms with van der Waals surface area (Å²) in [7, 11) is 0. The van der Waals surface area contributed by atoms with Gasteiger partial charge in [-0.2, -0.15) is 0 Å². The lowest BCUT2D eigenvalue weighted by atomic mass is 10.1. The van der Waals surface area contributed by atoms with Crippen LogP contribution in [0.4, 0.5) is 10.1 Å². The third-order valence-electron chi connectivity index (χ3n) is 4.98. The Hall–Kier alpha value is -3.07. The van der Waals surface area contributed by atoms with Gasteiger partial charge in [-0.3, -0.25) is 9.59 Å². The molecule has 1 aliphatic heterocycles. The Bertz CT molecular complexity index is 1090. The number of hydrogen-bond donors (Lipinski definition) is 2. The lowest BCUT2D eigenvalue weighted by molar-refractivity contribution is -0.115. The standard InChI is InChI=1S/C21H22FN5O2S/c1-13-6-9-17(30-13)21(29)23-12-19(28)24-16-11-14(7-8-15(16)22)20-26-25-18-5-3-2-4-10-27(18)20/h6-9,11H,2-5,10,12H2,1H3,(H,23,29)(H,24,28). The Morgan fingerprint density at radius 3 is 2.83 bits per heavy atom. The molecule has 0 unspecified atom stereocenters. The maximum atomic E-state index is 14.3. The van der Waals surface area contributed by atoms with Gasteiger partial charge in [-0.25, -0.2) is 4.39 Å². The van der Waals surface area contributed by atoms with Crippen LogP contribution in [0.25, 0.3) is 11.4 Å². The Morgan fingerprint density at radius 2 is 2.03 bits per heavy atom. The molecule has 3 aromatic rings. The van der Waals surface area contributed by atoms with Gasteiger partial charge in [-0.1, -0.05) is 6.42 Å². The second-order valence-electron chi connectivity index (χ2n) is 7.24. The zero-order chi connectivity index (χ0) is 21.1. The lowest BCUT2D eigenvalue weighted by Gasteiger charge is -2.11. The maximum Gasteiger partial charge on any atom is 0.261 e. The van der Waals surface area contributed by atoms with Crippen LogP contribution in [0.2, 0.25) is 0 Å². The van der Waals surface area contributed by atoms with E-state index in [1.54, 1.807) is 18.2 Å². The summed E-state index contributed by atoms with van der Waals surface area (Å²) >= 11 is 1.35. The number of nitrogens with zero attached hydrogens (tertiary/aromatic N) is 3. The third kappa shape index (κ3) is 4.40. The number of benzene rings is 1. The van der Waals surface area contributed by atoms with Gasteiger partial charge in [0.1, 0.15) is 11.6 Å². The van der Waals surface area contributed by atoms with E-state index in [1.807, 2.05) is 13.0 Å². The van der Waals surface area contributed by atoms with Crippen LogP contribution in [0, 0.1) is 12.7 Å². The topological polar surface area (TPSA) is 88.9 Å². The maximum absolute atomic E-state index is 14.3. The molecule has 0 bridgehead atoms. The highest BCUT2D eigenvalue weighted by Gasteiger charge is 2.18. The molecular formula is C21H22FN5O2S. The highest BCUT2D eigenvalue weighted by atomic mass is 32.1. The first kappa shape index (κ1) is 20.2. The van der Waals surface area contributed by atoms with Gasteiger partial charge >= 0.3 is 0 Å². The molecule has 2 N–H and O–H groups in total. The number of carbonyl (C=O) groups is 2. The smallest absolute Gasteiger partial charge is 0.261 e. The molecule has 1 aliphatic rings. The number of anilines is 1. The highest BCUT2D eigenvalue weighted by molar-refractivity contribution is 7.13. The fourth-order valence-electron chi connectivity index (χ4n) is 3.46. The van der Waals surface area contributed by atoms with E-state index in [0.717, 1.165) is 42.9 Å². The summed E-state index contributed by atoms with van der Waals surface area (Å²) in [6.45, 7) is 2.48. The minimum absolute atomic E-state index is 0.0460. The van der Waals surface area contributed by atoms with Crippen molar-refractivity contribution >= 4 is 28.8 Å². The van der Waals surface area contributed by atoms with Crippen molar-refractivity contribution in [2.24, 2.45) is 0 Å². The number of rotatable bonds is 5. The zero-order valence-corrected chi connectivity index (χ0v) is 17.4. The van der Waals surface area contributed by atoms with Crippen LogP contribution in [0.5, 0.6) is 0 Å². The molecule has 2 aromatic heterocycles. The van der Waals surface area contributed by atoms with Crippen molar-refractivity contribution in [3.05, 3.63) is 51.7 Å². The molecule has 156 valence electrons. The Morgan fingerprint density at radius 1 is 1.17 bits per heavy atom. The number of nitrogens with one attached hydrogen (secondary N) is 2. The summed E-state index contributed by atoms with van der Waals surface area (Å²) in [4.78, 5) is 25.9. The van der Waals surface area contributed by atoms with Crippen molar-refractivity contribution in [2.75, 3.05) is 11.9 Å². The summed E-state index contributed by atoms with van der Waals surface area (Å²) in [5.41, 5.74) is 0.732. The van der Waals surface area contributed by atoms with E-state index in [0.29, 0.717) is 16.3 Å². The summed E-state index contributed by atoms with van der Waals surface area (Å²) in [5.74, 6) is 0.215. The number of hydrogen-bond acceptors (Lipinski definition) is 5. The summed E-state index contributed by atoms with van der Waals surface area (Å²) in [6, 6.07) is 8.04. The largest absolute Gasteiger partial charge is 0.342 e. The first-order valence-corrected chi connectivity index (χ1v) is 10.7. The Balaban J connectivity index is 1.45. The molecule has 0 fully saturated rings. The lowest BCUT2D eigenvalue weighted by Crippen LogP contribution is -2.32. The van der Waals surface area contributed by atoms with E-state index < -0.39 is 11.7 Å². The fourth-order valence-corrected chi connectivity index (χ4v) is 4.24. The van der Waals surface area contributed by atoms with Crippen LogP contribution >= 0.6 is 11.3 Å². The van der Waals surface area contributed by atoms with Crippen LogP contribution < -0.4 is 10.6 Å². The molecule has 1 aromatic carbocycles. The summed E-state index contributed by atoms with van der Waals surface area (Å²) in [5, 5.41) is 13.6. The van der Waals surface area contributed by atoms with E-state index in [-0.39, 0.29) is 18.1 Å². The van der Waals surface area contributed by atoms with Gasteiger partial charge in [0, 0.05) is 23.4 Å². The van der Waals surface area contributed by atoms with E-state index in [9.17, 15) is 14.0 Å². The molecule has 0 saturated heterocycles. The molecule has 30 heavy (non-hydrogen) atoms. The van der Waals surface area contributed by atoms with E-state index in [4.69, 9.17) is 0 Å². The highest BCUT2D eigenvalue weighted by Crippen LogP contribution is 2.26. The minimum atomic E-state index is -0.553. The van der Waals surface area contributed by atoms with Gasteiger partial charge in [0.15, 0.2) is 5.82 Å². The molecule has 0 spiro atoms. The van der Waals surface area contributed by atoms with Gasteiger partial charge < -0.3 is 15.2 Å². The predicted octanol–water partition coefficient (Wildman–Crippen LogP) is 3.55. The van der Waals surface area contributed by atoms with Crippen molar-refractivity contribution in [3.8, 4) is 11.4 Å². The Labute approximate surface area is 177 Å². The molecule has 0 saturated carbocycles. The number of thiophene rings is 1. The fraction of sp³-hybridized carbons (Fsp3) is 0.333. The SMILES string of the molecule is Cc1ccc(C(=O)NCC(=O)Nc2cc(-c3nnc4n3CCCCC4)ccc2F)s1. The number of aryl methyl sites for hydroxylation is 2. The Kier molecular flexibility index (Phi) is 5.89. The molecule has 0 radical (unpaired) electrons. The number of amides is 2. The van der Waals surface area contributed by atoms with Crippen molar-refractivity contribution in [2.45, 2.75) is 39.2 Å². The monoisotopic (exact) mass is 427 g/mol. The zero-order valence-electron chi connectivity index (χ0n) is 16.6. The number of aromatic nitrogens is 3. The van der Waals surface area contributed by atoms with Crippen LogP contribution in [0.1, 0.15) is 39.6 Å². The second-order valence-corrected chi connectivity index (χ2v) is 8.53. The summed E-state index contributed by atoms with van der Waals surface area (Å²) < 4.78 is 16.4. The summed E-state index contributed by atoms with van der Waals surface area (Å²) in [6.07, 6.45) is 4.15. The molecule has 7 nitrogen and oxygen atoms in total. The average Bonchev–Trinajstić information content (AvgIpc) is 3.27. The average molecular weight is 428 g/mol. The van der Waals surface area contributed by atoms with Gasteiger partial charge in [0.05, 0.1) is 17.1 Å². The predicted molar refractivity (Wildman–Crippen MR) is 113 cm³/mol. The molecular weight excluding hydrogens is 405 g/mol. The molecule has 0 aliphatic carbocycles. The number of carbonyl (C=O) groups excluding carboxylic acids is 2. The van der Waals surface area contributed by atoms with E-state index in [2.05, 4.69) is 25.4 Å². The van der Waals surface area contributed by atoms with Gasteiger partial charge in [0.25, 0.3) is 5.91 Å². The molecule has 4 rings (SSSR count). The van der Waals surface area contributed by atoms with Crippen molar-refractivity contribution in [3.63, 3.8) is 0 Å². The number of halogens is 1. The van der Waals surface area contributed by atoms with Crippen LogP contribution in [-0.4, -0.2) is 33.1 Å². The first-order valence-electron chi connectivity index (χ1n) is 9.88. The molecule has 9 heteroatoms. The van der Waals surface area contributed by atoms with Gasteiger partial charge in [-0.15, -0.1) is 21.5 Å². The van der Waals surface area contributed by atoms with Crippen LogP contribution in [0.15, 0.2) is 30.3 Å². The normalized spacial score (nSPS) is 13.4. The van der Waals surface area contributed by atoms with E-state index >= 15 is 0 Å². The number of fused-ring (bicyclic) bond motifs is 1. The van der Waals surface area contributed by atoms with Crippen molar-refractivity contribution in [1.82, 2.24) is 20.1 Å². The van der Waals surface area contributed by atoms with E-state index in [1.165, 1.54) is 17.4 Å². The molecule has 3 heterocycles. The quantitative estimate of drug-likeness (QED) is 0.652. The van der Waals surface area contributed by atoms with Crippen LogP contribution in [-0.2, 0) is 17.8 Å². The third-order valence-corrected chi connectivity index (χ3v) is 5.98. The molecule has 0 atom stereocenters. The van der Waals surface area contributed by atoms with Crippen molar-refractivity contribution in [1.29, 1.82) is 0 Å². The molecule has 2 amide bonds. The van der Waals surface area contributed by atoms with Crippen LogP contribution in [0.3, 0.4) is 0 Å². The van der Waals surface area contributed by atoms with Gasteiger partial charge in [-0.05, 0) is 50.1 Å². The minimum Gasteiger partial charge on any atom is -0.342 e. The second kappa shape index (κ2) is 8.74.